The lowest BCUT2D eigenvalue weighted by molar-refractivity contribution is 0.812. The second-order valence-corrected chi connectivity index (χ2v) is 6.71. The molecule has 0 N–H and O–H groups in total. The van der Waals surface area contributed by atoms with Gasteiger partial charge < -0.3 is 0 Å². The minimum Gasteiger partial charge on any atom is -0.256 e. The van der Waals surface area contributed by atoms with Gasteiger partial charge in [-0.3, -0.25) is 4.98 Å². The quantitative estimate of drug-likeness (QED) is 0.479. The number of hydrogen-bond acceptors (Lipinski definition) is 4. The highest BCUT2D eigenvalue weighted by molar-refractivity contribution is 5.79. The molecule has 5 rings (SSSR count). The number of aromatic nitrogens is 6. The normalized spacial score (nSPS) is 11.2. The summed E-state index contributed by atoms with van der Waals surface area (Å²) >= 11 is 0. The molecule has 4 heterocycles. The van der Waals surface area contributed by atoms with Gasteiger partial charge >= 0.3 is 0 Å². The lowest BCUT2D eigenvalue weighted by Crippen LogP contribution is -2.07. The summed E-state index contributed by atoms with van der Waals surface area (Å²) in [6, 6.07) is 18.1. The van der Waals surface area contributed by atoms with E-state index >= 15 is 0 Å². The molecule has 0 aliphatic heterocycles. The van der Waals surface area contributed by atoms with Gasteiger partial charge in [0.25, 0.3) is 0 Å². The van der Waals surface area contributed by atoms with Gasteiger partial charge in [-0.2, -0.15) is 10.2 Å². The molecule has 136 valence electrons. The van der Waals surface area contributed by atoms with E-state index in [0.29, 0.717) is 0 Å². The molecule has 0 aliphatic rings. The van der Waals surface area contributed by atoms with Crippen LogP contribution in [-0.4, -0.2) is 29.4 Å². The van der Waals surface area contributed by atoms with E-state index in [9.17, 15) is 0 Å². The van der Waals surface area contributed by atoms with Crippen LogP contribution in [0.25, 0.3) is 33.8 Å². The van der Waals surface area contributed by atoms with Gasteiger partial charge in [-0.05, 0) is 32.0 Å². The van der Waals surface area contributed by atoms with Crippen molar-refractivity contribution in [2.75, 3.05) is 0 Å². The van der Waals surface area contributed by atoms with Crippen molar-refractivity contribution in [2.24, 2.45) is 0 Å². The van der Waals surface area contributed by atoms with Gasteiger partial charge in [0.15, 0.2) is 5.65 Å². The van der Waals surface area contributed by atoms with Gasteiger partial charge in [-0.15, -0.1) is 0 Å². The van der Waals surface area contributed by atoms with Crippen LogP contribution in [0.15, 0.2) is 73.2 Å². The molecule has 0 unspecified atom stereocenters. The van der Waals surface area contributed by atoms with Crippen molar-refractivity contribution in [1.82, 2.24) is 29.4 Å². The second-order valence-electron chi connectivity index (χ2n) is 6.71. The number of fused-ring (bicyclic) bond motifs is 1. The summed E-state index contributed by atoms with van der Waals surface area (Å²) in [5, 5.41) is 9.33. The van der Waals surface area contributed by atoms with Crippen molar-refractivity contribution in [2.45, 2.75) is 13.8 Å². The van der Waals surface area contributed by atoms with E-state index in [2.05, 4.69) is 33.4 Å². The fraction of sp³-hybridized carbons (Fsp3) is 0.0909. The Balaban J connectivity index is 1.83. The maximum absolute atomic E-state index is 4.73. The first-order valence-corrected chi connectivity index (χ1v) is 9.09. The van der Waals surface area contributed by atoms with Crippen LogP contribution in [0.2, 0.25) is 0 Å². The predicted octanol–water partition coefficient (Wildman–Crippen LogP) is 4.26. The van der Waals surface area contributed by atoms with Crippen LogP contribution in [0.1, 0.15) is 11.4 Å². The molecule has 6 heteroatoms. The van der Waals surface area contributed by atoms with E-state index in [1.165, 1.54) is 0 Å². The van der Waals surface area contributed by atoms with Gasteiger partial charge in [-0.1, -0.05) is 36.4 Å². The Morgan fingerprint density at radius 3 is 2.39 bits per heavy atom. The second kappa shape index (κ2) is 6.42. The number of nitrogens with zero attached hydrogens (tertiary/aromatic N) is 6. The van der Waals surface area contributed by atoms with Crippen molar-refractivity contribution in [3.05, 3.63) is 84.6 Å². The SMILES string of the molecule is Cc1cc(C)n(-c2cnc3c(-c4ccccn4)cnn3c2-c2ccccc2)n1. The molecule has 0 fully saturated rings. The van der Waals surface area contributed by atoms with Crippen LogP contribution in [0.4, 0.5) is 0 Å². The minimum absolute atomic E-state index is 0.767. The standard InChI is InChI=1S/C22H18N6/c1-15-12-16(2)27(26-15)20-14-24-22-18(19-10-6-7-11-23-19)13-25-28(22)21(20)17-8-4-3-5-9-17/h3-14H,1-2H3. The highest BCUT2D eigenvalue weighted by Gasteiger charge is 2.19. The van der Waals surface area contributed by atoms with Crippen LogP contribution in [-0.2, 0) is 0 Å². The summed E-state index contributed by atoms with van der Waals surface area (Å²) in [4.78, 5) is 9.19. The molecule has 5 aromatic rings. The van der Waals surface area contributed by atoms with Crippen molar-refractivity contribution in [1.29, 1.82) is 0 Å². The topological polar surface area (TPSA) is 60.9 Å². The smallest absolute Gasteiger partial charge is 0.165 e. The lowest BCUT2D eigenvalue weighted by Gasteiger charge is -2.13. The first-order valence-electron chi connectivity index (χ1n) is 9.09. The maximum Gasteiger partial charge on any atom is 0.165 e. The molecule has 1 aromatic carbocycles. The summed E-state index contributed by atoms with van der Waals surface area (Å²) in [5.41, 5.74) is 7.41. The zero-order valence-electron chi connectivity index (χ0n) is 15.6. The summed E-state index contributed by atoms with van der Waals surface area (Å²) < 4.78 is 3.80. The summed E-state index contributed by atoms with van der Waals surface area (Å²) in [7, 11) is 0. The van der Waals surface area contributed by atoms with E-state index in [1.807, 2.05) is 71.8 Å². The van der Waals surface area contributed by atoms with Crippen LogP contribution >= 0.6 is 0 Å². The Labute approximate surface area is 162 Å². The molecule has 0 atom stereocenters. The number of hydrogen-bond donors (Lipinski definition) is 0. The minimum atomic E-state index is 0.767. The van der Waals surface area contributed by atoms with Gasteiger partial charge in [0.1, 0.15) is 11.4 Å². The largest absolute Gasteiger partial charge is 0.256 e. The third-order valence-corrected chi connectivity index (χ3v) is 4.73. The summed E-state index contributed by atoms with van der Waals surface area (Å²) in [6.07, 6.45) is 5.47. The molecule has 0 spiro atoms. The fourth-order valence-electron chi connectivity index (χ4n) is 3.52. The number of rotatable bonds is 3. The third kappa shape index (κ3) is 2.58. The first-order chi connectivity index (χ1) is 13.7. The molecular formula is C22H18N6. The molecule has 0 radical (unpaired) electrons. The van der Waals surface area contributed by atoms with E-state index < -0.39 is 0 Å². The summed E-state index contributed by atoms with van der Waals surface area (Å²) in [6.45, 7) is 4.03. The third-order valence-electron chi connectivity index (χ3n) is 4.73. The zero-order chi connectivity index (χ0) is 19.1. The molecule has 0 saturated carbocycles. The van der Waals surface area contributed by atoms with E-state index in [0.717, 1.165) is 45.2 Å². The van der Waals surface area contributed by atoms with Crippen molar-refractivity contribution < 1.29 is 0 Å². The van der Waals surface area contributed by atoms with E-state index in [4.69, 9.17) is 4.98 Å². The number of aryl methyl sites for hydroxylation is 2. The fourth-order valence-corrected chi connectivity index (χ4v) is 3.52. The lowest BCUT2D eigenvalue weighted by atomic mass is 10.1. The molecule has 4 aromatic heterocycles. The van der Waals surface area contributed by atoms with E-state index in [-0.39, 0.29) is 0 Å². The van der Waals surface area contributed by atoms with Crippen LogP contribution in [0.3, 0.4) is 0 Å². The average molecular weight is 366 g/mol. The van der Waals surface area contributed by atoms with Crippen LogP contribution in [0.5, 0.6) is 0 Å². The van der Waals surface area contributed by atoms with Crippen LogP contribution < -0.4 is 0 Å². The highest BCUT2D eigenvalue weighted by Crippen LogP contribution is 2.30. The molecule has 0 bridgehead atoms. The van der Waals surface area contributed by atoms with Crippen LogP contribution in [0, 0.1) is 13.8 Å². The number of pyridine rings is 1. The Morgan fingerprint density at radius 1 is 0.857 bits per heavy atom. The Bertz CT molecular complexity index is 1270. The molecular weight excluding hydrogens is 348 g/mol. The Hall–Kier alpha value is -3.80. The highest BCUT2D eigenvalue weighted by atomic mass is 15.3. The van der Waals surface area contributed by atoms with Crippen molar-refractivity contribution in [3.63, 3.8) is 0 Å². The number of benzene rings is 1. The van der Waals surface area contributed by atoms with Gasteiger partial charge in [0, 0.05) is 17.5 Å². The Morgan fingerprint density at radius 2 is 1.68 bits per heavy atom. The Kier molecular flexibility index (Phi) is 3.76. The van der Waals surface area contributed by atoms with E-state index in [1.54, 1.807) is 6.20 Å². The molecule has 0 amide bonds. The molecule has 0 saturated heterocycles. The predicted molar refractivity (Wildman–Crippen MR) is 108 cm³/mol. The summed E-state index contributed by atoms with van der Waals surface area (Å²) in [5.74, 6) is 0. The molecule has 0 aliphatic carbocycles. The first kappa shape index (κ1) is 16.4. The zero-order valence-corrected chi connectivity index (χ0v) is 15.6. The maximum atomic E-state index is 4.73. The monoisotopic (exact) mass is 366 g/mol. The average Bonchev–Trinajstić information content (AvgIpc) is 3.31. The van der Waals surface area contributed by atoms with Gasteiger partial charge in [-0.25, -0.2) is 14.2 Å². The van der Waals surface area contributed by atoms with Crippen molar-refractivity contribution in [3.8, 4) is 28.2 Å². The molecule has 6 nitrogen and oxygen atoms in total. The van der Waals surface area contributed by atoms with Gasteiger partial charge in [0.2, 0.25) is 0 Å². The molecule has 28 heavy (non-hydrogen) atoms. The van der Waals surface area contributed by atoms with Gasteiger partial charge in [0.05, 0.1) is 29.3 Å². The van der Waals surface area contributed by atoms with Crippen molar-refractivity contribution >= 4 is 5.65 Å².